The van der Waals surface area contributed by atoms with Gasteiger partial charge in [0.15, 0.2) is 28.2 Å². The number of fused-ring (bicyclic) bond motifs is 2. The predicted molar refractivity (Wildman–Crippen MR) is 200 cm³/mol. The van der Waals surface area contributed by atoms with Gasteiger partial charge in [-0.1, -0.05) is 11.2 Å². The Labute approximate surface area is 332 Å². The number of hydrogen-bond donors (Lipinski definition) is 6. The third-order valence-electron chi connectivity index (χ3n) is 7.89. The minimum Gasteiger partial charge on any atom is -0.478 e. The number of oxime groups is 1. The molecule has 6 rings (SSSR count). The smallest absolute Gasteiger partial charge is 0.427 e. The Hall–Kier alpha value is -6.44. The van der Waals surface area contributed by atoms with Crippen molar-refractivity contribution in [2.45, 2.75) is 38.3 Å². The summed E-state index contributed by atoms with van der Waals surface area (Å²) in [5.74, 6) is -6.25. The van der Waals surface area contributed by atoms with Crippen LogP contribution in [0.5, 0.6) is 11.5 Å². The summed E-state index contributed by atoms with van der Waals surface area (Å²) >= 11 is 3.30. The van der Waals surface area contributed by atoms with Crippen molar-refractivity contribution in [2.24, 2.45) is 10.1 Å². The lowest BCUT2D eigenvalue weighted by molar-refractivity contribution is -0.151. The molecule has 1 aromatic heterocycles. The zero-order valence-electron chi connectivity index (χ0n) is 29.5. The molecule has 298 valence electrons. The number of carbonyl (C=O) groups excluding carboxylic acids is 4. The number of esters is 2. The van der Waals surface area contributed by atoms with Crippen molar-refractivity contribution in [3.05, 3.63) is 69.2 Å². The first kappa shape index (κ1) is 40.2. The Balaban J connectivity index is 1.20. The molecule has 0 radical (unpaired) electrons. The summed E-state index contributed by atoms with van der Waals surface area (Å²) in [6.07, 6.45) is -0.232. The van der Waals surface area contributed by atoms with Gasteiger partial charge < -0.3 is 40.7 Å². The van der Waals surface area contributed by atoms with E-state index in [2.05, 4.69) is 26.0 Å². The molecule has 0 spiro atoms. The van der Waals surface area contributed by atoms with Gasteiger partial charge in [-0.3, -0.25) is 24.1 Å². The van der Waals surface area contributed by atoms with Crippen molar-refractivity contribution in [2.75, 3.05) is 17.2 Å². The van der Waals surface area contributed by atoms with Crippen LogP contribution in [0.25, 0.3) is 0 Å². The molecule has 0 aliphatic carbocycles. The average molecular weight is 844 g/mol. The highest BCUT2D eigenvalue weighted by Crippen LogP contribution is 2.42. The Morgan fingerprint density at radius 1 is 1.12 bits per heavy atom. The number of aromatic nitrogens is 1. The van der Waals surface area contributed by atoms with Crippen LogP contribution < -0.4 is 26.1 Å². The number of nitrogens with two attached hydrogens (primary N) is 1. The molecule has 3 atom stereocenters. The lowest BCUT2D eigenvalue weighted by Gasteiger charge is -2.49. The van der Waals surface area contributed by atoms with Crippen LogP contribution in [0, 0.1) is 0 Å². The Kier molecular flexibility index (Phi) is 11.5. The molecule has 1 aromatic carbocycles. The van der Waals surface area contributed by atoms with Gasteiger partial charge in [0.2, 0.25) is 6.10 Å². The number of β-lactam (4-membered cyclic amide) rings is 1. The van der Waals surface area contributed by atoms with Crippen molar-refractivity contribution in [1.29, 1.82) is 0 Å². The number of nitrogens with zero attached hydrogens (tertiary/aromatic N) is 6. The van der Waals surface area contributed by atoms with Gasteiger partial charge in [-0.2, -0.15) is 5.01 Å². The minimum absolute atomic E-state index is 0.0149. The zero-order valence-corrected chi connectivity index (χ0v) is 32.0. The highest BCUT2D eigenvalue weighted by atomic mass is 32.2. The molecule has 1 unspecified atom stereocenters. The number of aliphatic carboxylic acids is 2. The molecule has 25 heteroatoms. The van der Waals surface area contributed by atoms with Crippen LogP contribution in [0.15, 0.2) is 68.1 Å². The number of benzene rings is 1. The Bertz CT molecular complexity index is 2270. The number of nitrogen functional groups attached to an aromatic ring is 1. The molecule has 4 aliphatic heterocycles. The highest BCUT2D eigenvalue weighted by Gasteiger charge is 2.54. The number of hydrogen-bond acceptors (Lipinski definition) is 19. The number of ether oxygens (including phenoxy) is 2. The maximum atomic E-state index is 13.7. The van der Waals surface area contributed by atoms with Gasteiger partial charge in [-0.15, -0.1) is 40.4 Å². The van der Waals surface area contributed by atoms with Crippen LogP contribution in [-0.2, 0) is 33.6 Å². The second-order valence-electron chi connectivity index (χ2n) is 11.9. The van der Waals surface area contributed by atoms with Crippen molar-refractivity contribution < 1.29 is 63.2 Å². The van der Waals surface area contributed by atoms with E-state index in [0.717, 1.165) is 41.2 Å². The van der Waals surface area contributed by atoms with E-state index in [4.69, 9.17) is 20.0 Å². The minimum atomic E-state index is -1.92. The summed E-state index contributed by atoms with van der Waals surface area (Å²) in [7, 11) is 0. The van der Waals surface area contributed by atoms with Crippen LogP contribution in [-0.4, -0.2) is 111 Å². The summed E-state index contributed by atoms with van der Waals surface area (Å²) in [6.45, 7) is 3.89. The van der Waals surface area contributed by atoms with Crippen LogP contribution in [0.3, 0.4) is 0 Å². The zero-order chi connectivity index (χ0) is 41.3. The second kappa shape index (κ2) is 16.3. The number of carboxylic acid groups (broad SMARTS) is 3. The molecule has 57 heavy (non-hydrogen) atoms. The Morgan fingerprint density at radius 2 is 1.84 bits per heavy atom. The van der Waals surface area contributed by atoms with E-state index in [0.29, 0.717) is 22.1 Å². The number of carboxylic acids is 2. The summed E-state index contributed by atoms with van der Waals surface area (Å²) in [4.78, 5) is 102. The molecular weight excluding hydrogens is 815 g/mol. The lowest BCUT2D eigenvalue weighted by atomic mass is 10.0. The number of anilines is 1. The van der Waals surface area contributed by atoms with E-state index in [9.17, 15) is 48.9 Å². The van der Waals surface area contributed by atoms with E-state index in [-0.39, 0.29) is 45.1 Å². The molecular formula is C32H29N9O13S3. The quantitative estimate of drug-likeness (QED) is 0.0546. The molecule has 0 saturated carbocycles. The van der Waals surface area contributed by atoms with E-state index in [1.807, 2.05) is 0 Å². The maximum absolute atomic E-state index is 13.7. The topological polar surface area (TPSA) is 305 Å². The third-order valence-corrected chi connectivity index (χ3v) is 11.0. The number of hydrazine groups is 2. The molecule has 2 aromatic rings. The molecule has 4 aliphatic rings. The number of thioether (sulfide) groups is 2. The molecule has 1 fully saturated rings. The van der Waals surface area contributed by atoms with Crippen molar-refractivity contribution in [1.82, 2.24) is 30.8 Å². The van der Waals surface area contributed by atoms with Gasteiger partial charge in [0.25, 0.3) is 11.8 Å². The van der Waals surface area contributed by atoms with Crippen molar-refractivity contribution in [3.63, 3.8) is 0 Å². The van der Waals surface area contributed by atoms with Gasteiger partial charge in [-0.25, -0.2) is 29.4 Å². The highest BCUT2D eigenvalue weighted by molar-refractivity contribution is 8.03. The fourth-order valence-electron chi connectivity index (χ4n) is 5.54. The molecule has 1 saturated heterocycles. The van der Waals surface area contributed by atoms with Gasteiger partial charge in [0.05, 0.1) is 11.2 Å². The summed E-state index contributed by atoms with van der Waals surface area (Å²) in [5, 5.41) is 39.2. The third kappa shape index (κ3) is 8.54. The summed E-state index contributed by atoms with van der Waals surface area (Å²) < 4.78 is 10.1. The van der Waals surface area contributed by atoms with Gasteiger partial charge >= 0.3 is 30.0 Å². The largest absolute Gasteiger partial charge is 0.478 e. The van der Waals surface area contributed by atoms with Crippen LogP contribution in [0.2, 0.25) is 0 Å². The first-order valence-corrected chi connectivity index (χ1v) is 19.0. The van der Waals surface area contributed by atoms with Crippen molar-refractivity contribution >= 4 is 93.2 Å². The number of amides is 3. The first-order chi connectivity index (χ1) is 27.0. The maximum Gasteiger partial charge on any atom is 0.427 e. The number of nitrogens with one attached hydrogen (secondary N) is 2. The van der Waals surface area contributed by atoms with Gasteiger partial charge in [0.1, 0.15) is 22.8 Å². The predicted octanol–water partition coefficient (Wildman–Crippen LogP) is 1.42. The molecule has 7 N–H and O–H groups in total. The number of aliphatic imine (C=N–C) groups is 1. The SMILES string of the molecule is CC(=O)Oc1ccc(C(ON=C(C(=O)N[C@@H]2C(=O)N3C(C(=O)O)=C(CSC4=CC(C)=NC5=CN(C(=O)O)NN54)CS[C@H]23)c2csc(N)n2)C(=O)O)cc1OC(C)=O. The standard InChI is InChI=1S/C32H29N9O13S3/c1-12-6-21(41-20(34-12)8-39(38-41)32(50)51)55-9-16-10-56-28-23(27(45)40(28)24(16)29(46)47)36-26(44)22(17-11-57-31(33)35-17)37-54-25(30(48)49)15-4-5-18(52-13(2)42)19(7-15)53-14(3)43/h4-8,11,23,25,28,38H,9-10H2,1-3H3,(H2,33,35)(H,36,44)(H,46,47)(H,48,49)(H,50,51)/t23-,25?,28-/m1/s1. The van der Waals surface area contributed by atoms with E-state index in [1.165, 1.54) is 52.2 Å². The summed E-state index contributed by atoms with van der Waals surface area (Å²) in [5.41, 5.74) is 8.28. The number of carbonyl (C=O) groups is 7. The number of rotatable bonds is 13. The van der Waals surface area contributed by atoms with Gasteiger partial charge in [-0.05, 0) is 30.7 Å². The van der Waals surface area contributed by atoms with E-state index >= 15 is 0 Å². The van der Waals surface area contributed by atoms with Crippen LogP contribution in [0.4, 0.5) is 9.93 Å². The summed E-state index contributed by atoms with van der Waals surface area (Å²) in [6, 6.07) is 2.20. The van der Waals surface area contributed by atoms with Crippen LogP contribution >= 0.6 is 34.9 Å². The lowest BCUT2D eigenvalue weighted by Crippen LogP contribution is -2.71. The first-order valence-electron chi connectivity index (χ1n) is 16.1. The number of allylic oxidation sites excluding steroid dienone is 1. The van der Waals surface area contributed by atoms with Gasteiger partial charge in [0, 0.05) is 42.0 Å². The van der Waals surface area contributed by atoms with E-state index < -0.39 is 65.0 Å². The molecule has 22 nitrogen and oxygen atoms in total. The molecule has 3 amide bonds. The monoisotopic (exact) mass is 843 g/mol. The van der Waals surface area contributed by atoms with Crippen molar-refractivity contribution in [3.8, 4) is 11.5 Å². The fraction of sp³-hybridized carbons (Fsp3) is 0.250. The fourth-order valence-corrected chi connectivity index (χ4v) is 8.65. The Morgan fingerprint density at radius 3 is 2.47 bits per heavy atom. The second-order valence-corrected chi connectivity index (χ2v) is 14.9. The molecule has 0 bridgehead atoms. The normalized spacial score (nSPS) is 19.3. The van der Waals surface area contributed by atoms with Crippen LogP contribution in [0.1, 0.15) is 38.1 Å². The number of thiazole rings is 1. The molecule has 5 heterocycles. The van der Waals surface area contributed by atoms with E-state index in [1.54, 1.807) is 13.0 Å². The average Bonchev–Trinajstić information content (AvgIpc) is 3.77.